The minimum absolute atomic E-state index is 0.200. The number of para-hydroxylation sites is 1. The van der Waals surface area contributed by atoms with E-state index in [0.29, 0.717) is 0 Å². The molecule has 1 aromatic heterocycles. The van der Waals surface area contributed by atoms with Gasteiger partial charge >= 0.3 is 0 Å². The Balaban J connectivity index is 1.84. The Kier molecular flexibility index (Phi) is 3.25. The van der Waals surface area contributed by atoms with E-state index in [9.17, 15) is 0 Å². The maximum Gasteiger partial charge on any atom is 0.0705 e. The standard InChI is InChI=1S/C16H21N3/c1-16(2)12-17-9-10-19(16)11-14-8-7-13-5-3-4-6-15(13)18-14/h3-8,17H,9-12H2,1-2H3. The summed E-state index contributed by atoms with van der Waals surface area (Å²) in [5.41, 5.74) is 2.45. The monoisotopic (exact) mass is 255 g/mol. The van der Waals surface area contributed by atoms with E-state index in [0.717, 1.165) is 37.4 Å². The minimum Gasteiger partial charge on any atom is -0.314 e. The van der Waals surface area contributed by atoms with Crippen LogP contribution in [0.1, 0.15) is 19.5 Å². The highest BCUT2D eigenvalue weighted by molar-refractivity contribution is 5.78. The van der Waals surface area contributed by atoms with Crippen LogP contribution in [0.5, 0.6) is 0 Å². The molecule has 1 fully saturated rings. The third-order valence-electron chi connectivity index (χ3n) is 3.98. The number of fused-ring (bicyclic) bond motifs is 1. The number of benzene rings is 1. The van der Waals surface area contributed by atoms with Gasteiger partial charge in [0.1, 0.15) is 0 Å². The van der Waals surface area contributed by atoms with Crippen molar-refractivity contribution in [2.24, 2.45) is 0 Å². The van der Waals surface area contributed by atoms with Gasteiger partial charge in [-0.3, -0.25) is 9.88 Å². The van der Waals surface area contributed by atoms with Gasteiger partial charge in [0.25, 0.3) is 0 Å². The van der Waals surface area contributed by atoms with Crippen LogP contribution in [-0.4, -0.2) is 35.1 Å². The fourth-order valence-electron chi connectivity index (χ4n) is 2.71. The number of nitrogens with zero attached hydrogens (tertiary/aromatic N) is 2. The van der Waals surface area contributed by atoms with Crippen molar-refractivity contribution in [3.63, 3.8) is 0 Å². The topological polar surface area (TPSA) is 28.2 Å². The predicted octanol–water partition coefficient (Wildman–Crippen LogP) is 2.42. The summed E-state index contributed by atoms with van der Waals surface area (Å²) in [7, 11) is 0. The molecule has 100 valence electrons. The first-order valence-corrected chi connectivity index (χ1v) is 6.96. The van der Waals surface area contributed by atoms with Gasteiger partial charge in [-0.2, -0.15) is 0 Å². The Morgan fingerprint density at radius 1 is 1.21 bits per heavy atom. The summed E-state index contributed by atoms with van der Waals surface area (Å²) < 4.78 is 0. The molecular weight excluding hydrogens is 234 g/mol. The first-order valence-electron chi connectivity index (χ1n) is 6.96. The number of hydrogen-bond acceptors (Lipinski definition) is 3. The van der Waals surface area contributed by atoms with Gasteiger partial charge in [0.05, 0.1) is 11.2 Å². The van der Waals surface area contributed by atoms with E-state index < -0.39 is 0 Å². The molecule has 0 aliphatic carbocycles. The van der Waals surface area contributed by atoms with Crippen LogP contribution >= 0.6 is 0 Å². The summed E-state index contributed by atoms with van der Waals surface area (Å²) in [6.07, 6.45) is 0. The number of pyridine rings is 1. The molecule has 3 nitrogen and oxygen atoms in total. The van der Waals surface area contributed by atoms with Crippen molar-refractivity contribution in [1.29, 1.82) is 0 Å². The van der Waals surface area contributed by atoms with Gasteiger partial charge < -0.3 is 5.32 Å². The van der Waals surface area contributed by atoms with Crippen LogP contribution < -0.4 is 5.32 Å². The van der Waals surface area contributed by atoms with Gasteiger partial charge in [-0.05, 0) is 26.0 Å². The molecule has 1 aromatic carbocycles. The normalized spacial score (nSPS) is 19.7. The maximum atomic E-state index is 4.77. The van der Waals surface area contributed by atoms with Gasteiger partial charge in [0, 0.05) is 37.1 Å². The largest absolute Gasteiger partial charge is 0.314 e. The summed E-state index contributed by atoms with van der Waals surface area (Å²) >= 11 is 0. The molecule has 1 saturated heterocycles. The van der Waals surface area contributed by atoms with Crippen LogP contribution in [0.25, 0.3) is 10.9 Å². The van der Waals surface area contributed by atoms with Crippen molar-refractivity contribution in [3.8, 4) is 0 Å². The second-order valence-corrected chi connectivity index (χ2v) is 5.91. The second-order valence-electron chi connectivity index (χ2n) is 5.91. The Hall–Kier alpha value is -1.45. The number of aromatic nitrogens is 1. The number of nitrogens with one attached hydrogen (secondary N) is 1. The first-order chi connectivity index (χ1) is 9.15. The molecular formula is C16H21N3. The van der Waals surface area contributed by atoms with E-state index in [4.69, 9.17) is 4.98 Å². The SMILES string of the molecule is CC1(C)CNCCN1Cc1ccc2ccccc2n1. The van der Waals surface area contributed by atoms with E-state index in [1.807, 2.05) is 6.07 Å². The summed E-state index contributed by atoms with van der Waals surface area (Å²) in [5, 5.41) is 4.67. The highest BCUT2D eigenvalue weighted by Crippen LogP contribution is 2.20. The molecule has 0 bridgehead atoms. The zero-order chi connectivity index (χ0) is 13.3. The van der Waals surface area contributed by atoms with E-state index in [1.165, 1.54) is 5.39 Å². The Labute approximate surface area is 114 Å². The highest BCUT2D eigenvalue weighted by atomic mass is 15.2. The lowest BCUT2D eigenvalue weighted by atomic mass is 10.00. The fraction of sp³-hybridized carbons (Fsp3) is 0.438. The number of rotatable bonds is 2. The van der Waals surface area contributed by atoms with Gasteiger partial charge in [-0.25, -0.2) is 0 Å². The fourth-order valence-corrected chi connectivity index (χ4v) is 2.71. The lowest BCUT2D eigenvalue weighted by Crippen LogP contribution is -2.57. The third kappa shape index (κ3) is 2.62. The highest BCUT2D eigenvalue weighted by Gasteiger charge is 2.29. The van der Waals surface area contributed by atoms with Crippen molar-refractivity contribution in [2.45, 2.75) is 25.9 Å². The van der Waals surface area contributed by atoms with E-state index >= 15 is 0 Å². The van der Waals surface area contributed by atoms with Crippen molar-refractivity contribution in [2.75, 3.05) is 19.6 Å². The van der Waals surface area contributed by atoms with Gasteiger partial charge in [0.2, 0.25) is 0 Å². The first kappa shape index (κ1) is 12.6. The number of piperazine rings is 1. The average Bonchev–Trinajstić information content (AvgIpc) is 2.41. The summed E-state index contributed by atoms with van der Waals surface area (Å²) in [4.78, 5) is 7.29. The minimum atomic E-state index is 0.200. The molecule has 2 heterocycles. The Bertz CT molecular complexity index is 577. The third-order valence-corrected chi connectivity index (χ3v) is 3.98. The van der Waals surface area contributed by atoms with Crippen molar-refractivity contribution in [3.05, 3.63) is 42.1 Å². The molecule has 0 atom stereocenters. The predicted molar refractivity (Wildman–Crippen MR) is 79.1 cm³/mol. The quantitative estimate of drug-likeness (QED) is 0.893. The molecule has 19 heavy (non-hydrogen) atoms. The molecule has 1 aliphatic rings. The molecule has 1 N–H and O–H groups in total. The summed E-state index contributed by atoms with van der Waals surface area (Å²) in [6, 6.07) is 12.6. The Morgan fingerprint density at radius 2 is 2.05 bits per heavy atom. The smallest absolute Gasteiger partial charge is 0.0705 e. The van der Waals surface area contributed by atoms with Crippen molar-refractivity contribution < 1.29 is 0 Å². The average molecular weight is 255 g/mol. The van der Waals surface area contributed by atoms with Crippen LogP contribution in [-0.2, 0) is 6.54 Å². The summed E-state index contributed by atoms with van der Waals surface area (Å²) in [6.45, 7) is 8.71. The van der Waals surface area contributed by atoms with E-state index in [2.05, 4.69) is 54.4 Å². The second kappa shape index (κ2) is 4.91. The molecule has 0 radical (unpaired) electrons. The van der Waals surface area contributed by atoms with Crippen LogP contribution in [0, 0.1) is 0 Å². The van der Waals surface area contributed by atoms with Crippen LogP contribution in [0.3, 0.4) is 0 Å². The van der Waals surface area contributed by atoms with Crippen molar-refractivity contribution in [1.82, 2.24) is 15.2 Å². The maximum absolute atomic E-state index is 4.77. The van der Waals surface area contributed by atoms with E-state index in [1.54, 1.807) is 0 Å². The lowest BCUT2D eigenvalue weighted by Gasteiger charge is -2.42. The van der Waals surface area contributed by atoms with Crippen LogP contribution in [0.4, 0.5) is 0 Å². The van der Waals surface area contributed by atoms with Gasteiger partial charge in [-0.15, -0.1) is 0 Å². The van der Waals surface area contributed by atoms with Gasteiger partial charge in [0.15, 0.2) is 0 Å². The molecule has 0 saturated carbocycles. The summed E-state index contributed by atoms with van der Waals surface area (Å²) in [5.74, 6) is 0. The number of hydrogen-bond donors (Lipinski definition) is 1. The zero-order valence-electron chi connectivity index (χ0n) is 11.7. The van der Waals surface area contributed by atoms with Crippen LogP contribution in [0.2, 0.25) is 0 Å². The zero-order valence-corrected chi connectivity index (χ0v) is 11.7. The molecule has 3 rings (SSSR count). The Morgan fingerprint density at radius 3 is 2.89 bits per heavy atom. The van der Waals surface area contributed by atoms with Crippen LogP contribution in [0.15, 0.2) is 36.4 Å². The molecule has 0 amide bonds. The molecule has 1 aliphatic heterocycles. The van der Waals surface area contributed by atoms with Crippen molar-refractivity contribution >= 4 is 10.9 Å². The van der Waals surface area contributed by atoms with E-state index in [-0.39, 0.29) is 5.54 Å². The van der Waals surface area contributed by atoms with Gasteiger partial charge in [-0.1, -0.05) is 24.3 Å². The molecule has 2 aromatic rings. The lowest BCUT2D eigenvalue weighted by molar-refractivity contribution is 0.0815. The molecule has 3 heteroatoms. The molecule has 0 spiro atoms. The molecule has 0 unspecified atom stereocenters.